The highest BCUT2D eigenvalue weighted by Gasteiger charge is 2.15. The summed E-state index contributed by atoms with van der Waals surface area (Å²) in [4.78, 5) is 0.395. The first-order valence-corrected chi connectivity index (χ1v) is 7.50. The smallest absolute Gasteiger partial charge is 0.175 e. The first-order chi connectivity index (χ1) is 7.57. The van der Waals surface area contributed by atoms with E-state index in [2.05, 4.69) is 5.32 Å². The third-order valence-electron chi connectivity index (χ3n) is 3.02. The van der Waals surface area contributed by atoms with Crippen molar-refractivity contribution < 1.29 is 8.42 Å². The summed E-state index contributed by atoms with van der Waals surface area (Å²) in [5.41, 5.74) is 1.19. The number of hydrogen-bond donors (Lipinski definition) is 1. The molecule has 1 heterocycles. The molecule has 0 aliphatic carbocycles. The first kappa shape index (κ1) is 14.5. The number of halogens is 1. The van der Waals surface area contributed by atoms with Crippen molar-refractivity contribution in [2.24, 2.45) is 0 Å². The van der Waals surface area contributed by atoms with Crippen LogP contribution < -0.4 is 5.32 Å². The average molecular weight is 276 g/mol. The molecule has 0 radical (unpaired) electrons. The molecule has 0 amide bonds. The van der Waals surface area contributed by atoms with Gasteiger partial charge in [0.05, 0.1) is 4.90 Å². The van der Waals surface area contributed by atoms with Crippen LogP contribution in [0, 0.1) is 0 Å². The lowest BCUT2D eigenvalue weighted by atomic mass is 9.98. The van der Waals surface area contributed by atoms with Gasteiger partial charge in [-0.15, -0.1) is 12.4 Å². The van der Waals surface area contributed by atoms with Crippen molar-refractivity contribution in [1.29, 1.82) is 0 Å². The Kier molecular flexibility index (Phi) is 4.98. The summed E-state index contributed by atoms with van der Waals surface area (Å²) in [6.07, 6.45) is 4.85. The van der Waals surface area contributed by atoms with E-state index >= 15 is 0 Å². The topological polar surface area (TPSA) is 46.2 Å². The van der Waals surface area contributed by atoms with E-state index in [9.17, 15) is 8.42 Å². The number of sulfone groups is 1. The van der Waals surface area contributed by atoms with Gasteiger partial charge in [-0.25, -0.2) is 8.42 Å². The van der Waals surface area contributed by atoms with Crippen molar-refractivity contribution in [3.8, 4) is 0 Å². The van der Waals surface area contributed by atoms with E-state index in [0.717, 1.165) is 13.0 Å². The highest BCUT2D eigenvalue weighted by molar-refractivity contribution is 7.90. The zero-order valence-electron chi connectivity index (χ0n) is 9.85. The van der Waals surface area contributed by atoms with E-state index < -0.39 is 9.84 Å². The SMILES string of the molecule is CS(=O)(=O)c1ccc([C@H]2CCCCN2)cc1.Cl. The molecule has 0 spiro atoms. The minimum atomic E-state index is -3.07. The summed E-state index contributed by atoms with van der Waals surface area (Å²) >= 11 is 0. The second-order valence-electron chi connectivity index (χ2n) is 4.34. The van der Waals surface area contributed by atoms with Crippen LogP contribution in [0.3, 0.4) is 0 Å². The van der Waals surface area contributed by atoms with Gasteiger partial charge in [0.15, 0.2) is 9.84 Å². The molecule has 5 heteroatoms. The van der Waals surface area contributed by atoms with E-state index in [1.165, 1.54) is 24.7 Å². The molecule has 1 aromatic rings. The quantitative estimate of drug-likeness (QED) is 0.901. The number of rotatable bonds is 2. The van der Waals surface area contributed by atoms with Gasteiger partial charge < -0.3 is 5.32 Å². The summed E-state index contributed by atoms with van der Waals surface area (Å²) in [7, 11) is -3.07. The zero-order valence-corrected chi connectivity index (χ0v) is 11.5. The molecule has 1 saturated heterocycles. The van der Waals surface area contributed by atoms with Crippen molar-refractivity contribution in [3.63, 3.8) is 0 Å². The van der Waals surface area contributed by atoms with Crippen molar-refractivity contribution in [2.45, 2.75) is 30.2 Å². The Balaban J connectivity index is 0.00000144. The van der Waals surface area contributed by atoms with Gasteiger partial charge in [0.25, 0.3) is 0 Å². The molecule has 1 aliphatic heterocycles. The molecule has 17 heavy (non-hydrogen) atoms. The van der Waals surface area contributed by atoms with Gasteiger partial charge in [0, 0.05) is 12.3 Å². The lowest BCUT2D eigenvalue weighted by Crippen LogP contribution is -2.26. The average Bonchev–Trinajstić information content (AvgIpc) is 2.29. The minimum absolute atomic E-state index is 0. The van der Waals surface area contributed by atoms with Gasteiger partial charge in [-0.3, -0.25) is 0 Å². The lowest BCUT2D eigenvalue weighted by Gasteiger charge is -2.23. The third-order valence-corrected chi connectivity index (χ3v) is 4.15. The minimum Gasteiger partial charge on any atom is -0.310 e. The maximum Gasteiger partial charge on any atom is 0.175 e. The van der Waals surface area contributed by atoms with E-state index in [1.807, 2.05) is 12.1 Å². The summed E-state index contributed by atoms with van der Waals surface area (Å²) in [6, 6.07) is 7.61. The Hall–Kier alpha value is -0.580. The van der Waals surface area contributed by atoms with E-state index in [0.29, 0.717) is 10.9 Å². The number of benzene rings is 1. The van der Waals surface area contributed by atoms with Crippen LogP contribution in [0.5, 0.6) is 0 Å². The maximum absolute atomic E-state index is 11.3. The molecule has 0 saturated carbocycles. The Morgan fingerprint density at radius 1 is 1.18 bits per heavy atom. The number of nitrogens with one attached hydrogen (secondary N) is 1. The summed E-state index contributed by atoms with van der Waals surface area (Å²) in [6.45, 7) is 1.05. The maximum atomic E-state index is 11.3. The van der Waals surface area contributed by atoms with Crippen LogP contribution in [-0.4, -0.2) is 21.2 Å². The molecule has 1 N–H and O–H groups in total. The van der Waals surface area contributed by atoms with Crippen LogP contribution in [0.15, 0.2) is 29.2 Å². The van der Waals surface area contributed by atoms with Crippen molar-refractivity contribution in [1.82, 2.24) is 5.32 Å². The number of hydrogen-bond acceptors (Lipinski definition) is 3. The van der Waals surface area contributed by atoms with Gasteiger partial charge in [-0.05, 0) is 37.1 Å². The molecular formula is C12H18ClNO2S. The van der Waals surface area contributed by atoms with Crippen LogP contribution in [0.2, 0.25) is 0 Å². The van der Waals surface area contributed by atoms with Crippen LogP contribution in [-0.2, 0) is 9.84 Å². The fourth-order valence-corrected chi connectivity index (χ4v) is 2.71. The Labute approximate surface area is 109 Å². The van der Waals surface area contributed by atoms with Crippen LogP contribution in [0.25, 0.3) is 0 Å². The highest BCUT2D eigenvalue weighted by Crippen LogP contribution is 2.23. The third kappa shape index (κ3) is 3.69. The van der Waals surface area contributed by atoms with Crippen LogP contribution >= 0.6 is 12.4 Å². The van der Waals surface area contributed by atoms with Crippen molar-refractivity contribution >= 4 is 22.2 Å². The summed E-state index contributed by atoms with van der Waals surface area (Å²) < 4.78 is 22.6. The largest absolute Gasteiger partial charge is 0.310 e. The van der Waals surface area contributed by atoms with Crippen LogP contribution in [0.4, 0.5) is 0 Å². The Bertz CT molecular complexity index is 450. The predicted molar refractivity (Wildman–Crippen MR) is 71.4 cm³/mol. The van der Waals surface area contributed by atoms with Crippen molar-refractivity contribution in [2.75, 3.05) is 12.8 Å². The van der Waals surface area contributed by atoms with E-state index in [1.54, 1.807) is 12.1 Å². The second kappa shape index (κ2) is 5.85. The molecule has 0 aromatic heterocycles. The standard InChI is InChI=1S/C12H17NO2S.ClH/c1-16(14,15)11-7-5-10(6-8-11)12-4-2-3-9-13-12;/h5-8,12-13H,2-4,9H2,1H3;1H/t12-;/m1./s1. The van der Waals surface area contributed by atoms with Gasteiger partial charge in [0.1, 0.15) is 0 Å². The molecule has 0 unspecified atom stereocenters. The molecular weight excluding hydrogens is 258 g/mol. The van der Waals surface area contributed by atoms with Crippen LogP contribution in [0.1, 0.15) is 30.9 Å². The first-order valence-electron chi connectivity index (χ1n) is 5.61. The summed E-state index contributed by atoms with van der Waals surface area (Å²) in [5.74, 6) is 0. The predicted octanol–water partition coefficient (Wildman–Crippen LogP) is 2.33. The molecule has 3 nitrogen and oxygen atoms in total. The van der Waals surface area contributed by atoms with E-state index in [4.69, 9.17) is 0 Å². The molecule has 1 aliphatic rings. The van der Waals surface area contributed by atoms with Gasteiger partial charge in [-0.2, -0.15) is 0 Å². The molecule has 1 aromatic carbocycles. The Morgan fingerprint density at radius 2 is 1.82 bits per heavy atom. The van der Waals surface area contributed by atoms with Crippen molar-refractivity contribution in [3.05, 3.63) is 29.8 Å². The molecule has 0 bridgehead atoms. The fraction of sp³-hybridized carbons (Fsp3) is 0.500. The second-order valence-corrected chi connectivity index (χ2v) is 6.36. The lowest BCUT2D eigenvalue weighted by molar-refractivity contribution is 0.412. The molecule has 1 atom stereocenters. The normalized spacial score (nSPS) is 20.6. The highest BCUT2D eigenvalue weighted by atomic mass is 35.5. The van der Waals surface area contributed by atoms with Gasteiger partial charge in [0.2, 0.25) is 0 Å². The zero-order chi connectivity index (χ0) is 11.6. The summed E-state index contributed by atoms with van der Waals surface area (Å²) in [5, 5.41) is 3.44. The van der Waals surface area contributed by atoms with E-state index in [-0.39, 0.29) is 12.4 Å². The van der Waals surface area contributed by atoms with Gasteiger partial charge >= 0.3 is 0 Å². The molecule has 1 fully saturated rings. The van der Waals surface area contributed by atoms with Gasteiger partial charge in [-0.1, -0.05) is 18.6 Å². The fourth-order valence-electron chi connectivity index (χ4n) is 2.08. The monoisotopic (exact) mass is 275 g/mol. The Morgan fingerprint density at radius 3 is 2.29 bits per heavy atom. The number of piperidine rings is 1. The molecule has 2 rings (SSSR count). The molecule has 96 valence electrons.